The Hall–Kier alpha value is -3.42. The number of fused-ring (bicyclic) bond motifs is 1. The van der Waals surface area contributed by atoms with Crippen LogP contribution in [0.2, 0.25) is 0 Å². The van der Waals surface area contributed by atoms with Crippen molar-refractivity contribution in [1.82, 2.24) is 14.8 Å². The van der Waals surface area contributed by atoms with Gasteiger partial charge in [-0.2, -0.15) is 5.10 Å². The third kappa shape index (κ3) is 3.46. The van der Waals surface area contributed by atoms with E-state index in [0.717, 1.165) is 11.0 Å². The lowest BCUT2D eigenvalue weighted by Gasteiger charge is -2.11. The third-order valence-electron chi connectivity index (χ3n) is 4.18. The summed E-state index contributed by atoms with van der Waals surface area (Å²) in [6.07, 6.45) is 1.68. The largest absolute Gasteiger partial charge is 0.496 e. The molecule has 0 atom stereocenters. The average molecular weight is 368 g/mol. The highest BCUT2D eigenvalue weighted by Gasteiger charge is 2.17. The normalized spacial score (nSPS) is 11.0. The lowest BCUT2D eigenvalue weighted by atomic mass is 10.1. The number of carbonyl (C=O) groups is 2. The first-order valence-electron chi connectivity index (χ1n) is 8.39. The molecule has 140 valence electrons. The number of ether oxygens (including phenoxy) is 1. The van der Waals surface area contributed by atoms with Crippen LogP contribution in [0.3, 0.4) is 0 Å². The predicted octanol–water partition coefficient (Wildman–Crippen LogP) is 3.28. The molecule has 2 N–H and O–H groups in total. The van der Waals surface area contributed by atoms with Gasteiger partial charge in [0, 0.05) is 23.2 Å². The molecule has 3 aromatic rings. The molecule has 0 saturated heterocycles. The molecular formula is C19H20N4O4. The fraction of sp³-hybridized carbons (Fsp3) is 0.263. The van der Waals surface area contributed by atoms with Crippen molar-refractivity contribution >= 4 is 28.6 Å². The number of aryl methyl sites for hydroxylation is 1. The van der Waals surface area contributed by atoms with Crippen LogP contribution in [0.25, 0.3) is 11.0 Å². The maximum Gasteiger partial charge on any atom is 0.339 e. The van der Waals surface area contributed by atoms with Crippen LogP contribution in [0.1, 0.15) is 46.3 Å². The Bertz CT molecular complexity index is 1040. The van der Waals surface area contributed by atoms with Crippen molar-refractivity contribution in [2.24, 2.45) is 0 Å². The Kier molecular flexibility index (Phi) is 4.81. The van der Waals surface area contributed by atoms with Crippen LogP contribution >= 0.6 is 0 Å². The van der Waals surface area contributed by atoms with Gasteiger partial charge in [-0.3, -0.25) is 4.79 Å². The number of carboxylic acid groups (broad SMARTS) is 1. The van der Waals surface area contributed by atoms with Gasteiger partial charge in [-0.15, -0.1) is 0 Å². The Morgan fingerprint density at radius 3 is 2.59 bits per heavy atom. The van der Waals surface area contributed by atoms with E-state index < -0.39 is 5.97 Å². The summed E-state index contributed by atoms with van der Waals surface area (Å²) in [7, 11) is 1.38. The van der Waals surface area contributed by atoms with Gasteiger partial charge in [0.2, 0.25) is 0 Å². The molecule has 8 heteroatoms. The van der Waals surface area contributed by atoms with Crippen molar-refractivity contribution in [3.63, 3.8) is 0 Å². The molecule has 0 spiro atoms. The van der Waals surface area contributed by atoms with Gasteiger partial charge in [-0.1, -0.05) is 0 Å². The summed E-state index contributed by atoms with van der Waals surface area (Å²) < 4.78 is 6.89. The first-order chi connectivity index (χ1) is 12.8. The minimum Gasteiger partial charge on any atom is -0.496 e. The van der Waals surface area contributed by atoms with E-state index in [2.05, 4.69) is 15.4 Å². The highest BCUT2D eigenvalue weighted by molar-refractivity contribution is 6.07. The second-order valence-electron chi connectivity index (χ2n) is 6.39. The van der Waals surface area contributed by atoms with Crippen LogP contribution < -0.4 is 10.1 Å². The molecule has 2 aromatic heterocycles. The molecular weight excluding hydrogens is 348 g/mol. The lowest BCUT2D eigenvalue weighted by molar-refractivity contribution is 0.0693. The molecule has 0 radical (unpaired) electrons. The highest BCUT2D eigenvalue weighted by Crippen LogP contribution is 2.25. The zero-order valence-electron chi connectivity index (χ0n) is 15.5. The van der Waals surface area contributed by atoms with Crippen molar-refractivity contribution in [3.8, 4) is 5.75 Å². The number of hydrogen-bond acceptors (Lipinski definition) is 5. The van der Waals surface area contributed by atoms with E-state index in [-0.39, 0.29) is 23.3 Å². The number of benzene rings is 1. The Balaban J connectivity index is 1.92. The molecule has 0 aliphatic carbocycles. The Morgan fingerprint density at radius 2 is 1.96 bits per heavy atom. The molecule has 0 bridgehead atoms. The molecule has 0 aliphatic rings. The summed E-state index contributed by atoms with van der Waals surface area (Å²) in [5.74, 6) is -1.27. The van der Waals surface area contributed by atoms with Gasteiger partial charge >= 0.3 is 5.97 Å². The first-order valence-corrected chi connectivity index (χ1v) is 8.39. The standard InChI is InChI=1S/C19H20N4O4/c1-10(2)23-17-12(9-20-23)7-15(11(3)21-17)18(24)22-13-5-6-14(19(25)26)16(8-13)27-4/h5-10H,1-4H3,(H,22,24)(H,25,26). The smallest absolute Gasteiger partial charge is 0.339 e. The number of methoxy groups -OCH3 is 1. The predicted molar refractivity (Wildman–Crippen MR) is 101 cm³/mol. The maximum absolute atomic E-state index is 12.7. The number of pyridine rings is 1. The molecule has 1 aromatic carbocycles. The molecule has 8 nitrogen and oxygen atoms in total. The van der Waals surface area contributed by atoms with Gasteiger partial charge in [0.25, 0.3) is 5.91 Å². The molecule has 3 rings (SSSR count). The van der Waals surface area contributed by atoms with E-state index in [1.54, 1.807) is 23.9 Å². The summed E-state index contributed by atoms with van der Waals surface area (Å²) >= 11 is 0. The van der Waals surface area contributed by atoms with E-state index in [1.165, 1.54) is 25.3 Å². The Morgan fingerprint density at radius 1 is 1.22 bits per heavy atom. The zero-order valence-corrected chi connectivity index (χ0v) is 15.5. The van der Waals surface area contributed by atoms with Gasteiger partial charge in [0.05, 0.1) is 24.6 Å². The van der Waals surface area contributed by atoms with Crippen molar-refractivity contribution in [2.75, 3.05) is 12.4 Å². The molecule has 2 heterocycles. The number of anilines is 1. The molecule has 0 unspecified atom stereocenters. The zero-order chi connectivity index (χ0) is 19.7. The van der Waals surface area contributed by atoms with Gasteiger partial charge in [0.1, 0.15) is 11.3 Å². The number of aromatic nitrogens is 3. The summed E-state index contributed by atoms with van der Waals surface area (Å²) in [5.41, 5.74) is 2.19. The number of rotatable bonds is 5. The number of nitrogens with one attached hydrogen (secondary N) is 1. The van der Waals surface area contributed by atoms with E-state index in [4.69, 9.17) is 9.84 Å². The van der Waals surface area contributed by atoms with E-state index >= 15 is 0 Å². The van der Waals surface area contributed by atoms with Crippen LogP contribution in [0.15, 0.2) is 30.5 Å². The highest BCUT2D eigenvalue weighted by atomic mass is 16.5. The minimum absolute atomic E-state index is 0.0239. The number of aromatic carboxylic acids is 1. The SMILES string of the molecule is COc1cc(NC(=O)c2cc3cnn(C(C)C)c3nc2C)ccc1C(=O)O. The topological polar surface area (TPSA) is 106 Å². The van der Waals surface area contributed by atoms with E-state index in [9.17, 15) is 9.59 Å². The van der Waals surface area contributed by atoms with Crippen molar-refractivity contribution in [1.29, 1.82) is 0 Å². The minimum atomic E-state index is -1.10. The summed E-state index contributed by atoms with van der Waals surface area (Å²) in [6, 6.07) is 6.29. The van der Waals surface area contributed by atoms with Crippen LogP contribution in [0.4, 0.5) is 5.69 Å². The number of nitrogens with zero attached hydrogens (tertiary/aromatic N) is 3. The van der Waals surface area contributed by atoms with Gasteiger partial charge < -0.3 is 15.2 Å². The van der Waals surface area contributed by atoms with Gasteiger partial charge in [-0.05, 0) is 39.0 Å². The van der Waals surface area contributed by atoms with Crippen molar-refractivity contribution in [3.05, 3.63) is 47.3 Å². The summed E-state index contributed by atoms with van der Waals surface area (Å²) in [4.78, 5) is 28.4. The van der Waals surface area contributed by atoms with Crippen LogP contribution in [-0.4, -0.2) is 38.9 Å². The number of carbonyl (C=O) groups excluding carboxylic acids is 1. The molecule has 0 aliphatic heterocycles. The Labute approximate surface area is 155 Å². The van der Waals surface area contributed by atoms with Crippen LogP contribution in [-0.2, 0) is 0 Å². The second kappa shape index (κ2) is 7.06. The number of hydrogen-bond donors (Lipinski definition) is 2. The van der Waals surface area contributed by atoms with Crippen LogP contribution in [0, 0.1) is 6.92 Å². The monoisotopic (exact) mass is 368 g/mol. The summed E-state index contributed by atoms with van der Waals surface area (Å²) in [5, 5.41) is 17.0. The molecule has 1 amide bonds. The second-order valence-corrected chi connectivity index (χ2v) is 6.39. The third-order valence-corrected chi connectivity index (χ3v) is 4.18. The van der Waals surface area contributed by atoms with E-state index in [1.807, 2.05) is 13.8 Å². The number of carboxylic acids is 1. The maximum atomic E-state index is 12.7. The fourth-order valence-electron chi connectivity index (χ4n) is 2.82. The lowest BCUT2D eigenvalue weighted by Crippen LogP contribution is -2.15. The average Bonchev–Trinajstić information content (AvgIpc) is 3.03. The van der Waals surface area contributed by atoms with E-state index in [0.29, 0.717) is 16.9 Å². The summed E-state index contributed by atoms with van der Waals surface area (Å²) in [6.45, 7) is 5.79. The van der Waals surface area contributed by atoms with Gasteiger partial charge in [-0.25, -0.2) is 14.5 Å². The van der Waals surface area contributed by atoms with Crippen LogP contribution in [0.5, 0.6) is 5.75 Å². The number of amides is 1. The van der Waals surface area contributed by atoms with Crippen molar-refractivity contribution < 1.29 is 19.4 Å². The first kappa shape index (κ1) is 18.4. The molecule has 0 saturated carbocycles. The van der Waals surface area contributed by atoms with Crippen molar-refractivity contribution in [2.45, 2.75) is 26.8 Å². The quantitative estimate of drug-likeness (QED) is 0.716. The molecule has 27 heavy (non-hydrogen) atoms. The molecule has 0 fully saturated rings. The van der Waals surface area contributed by atoms with Gasteiger partial charge in [0.15, 0.2) is 5.65 Å². The fourth-order valence-corrected chi connectivity index (χ4v) is 2.82.